The van der Waals surface area contributed by atoms with Crippen LogP contribution in [0, 0.1) is 0 Å². The van der Waals surface area contributed by atoms with Crippen LogP contribution in [0.2, 0.25) is 0 Å². The molecule has 0 aliphatic carbocycles. The number of rotatable bonds is 5. The van der Waals surface area contributed by atoms with Crippen LogP contribution >= 0.6 is 0 Å². The van der Waals surface area contributed by atoms with E-state index in [0.29, 0.717) is 18.7 Å². The molecule has 1 aromatic rings. The summed E-state index contributed by atoms with van der Waals surface area (Å²) < 4.78 is 0. The van der Waals surface area contributed by atoms with Crippen molar-refractivity contribution in [2.75, 3.05) is 6.54 Å². The maximum Gasteiger partial charge on any atom is 0.170 e. The van der Waals surface area contributed by atoms with E-state index in [-0.39, 0.29) is 5.84 Å². The highest BCUT2D eigenvalue weighted by molar-refractivity contribution is 5.98. The molecule has 0 saturated carbocycles. The Labute approximate surface area is 101 Å². The molecule has 0 atom stereocenters. The third kappa shape index (κ3) is 4.42. The van der Waals surface area contributed by atoms with Crippen LogP contribution in [-0.2, 0) is 6.54 Å². The van der Waals surface area contributed by atoms with E-state index in [1.54, 1.807) is 19.9 Å². The summed E-state index contributed by atoms with van der Waals surface area (Å²) in [6, 6.07) is 7.39. The highest BCUT2D eigenvalue weighted by Gasteiger charge is 2.12. The number of amidine groups is 1. The van der Waals surface area contributed by atoms with Crippen LogP contribution in [0.25, 0.3) is 0 Å². The standard InChI is InChI=1S/C12H19N3O2/c1-12(2,16)8-14-7-9-5-3-4-6-10(9)11(13)15-17/h3-6,14,16-17H,7-8H2,1-2H3,(H2,13,15). The molecular formula is C12H19N3O2. The topological polar surface area (TPSA) is 90.9 Å². The molecule has 0 bridgehead atoms. The quantitative estimate of drug-likeness (QED) is 0.262. The van der Waals surface area contributed by atoms with Gasteiger partial charge in [-0.2, -0.15) is 0 Å². The maximum atomic E-state index is 9.57. The Hall–Kier alpha value is -1.59. The summed E-state index contributed by atoms with van der Waals surface area (Å²) in [4.78, 5) is 0. The van der Waals surface area contributed by atoms with Crippen molar-refractivity contribution in [2.45, 2.75) is 26.0 Å². The molecule has 1 rings (SSSR count). The summed E-state index contributed by atoms with van der Waals surface area (Å²) in [6.45, 7) is 4.48. The molecule has 0 amide bonds. The second-order valence-electron chi connectivity index (χ2n) is 4.56. The summed E-state index contributed by atoms with van der Waals surface area (Å²) in [5, 5.41) is 24.4. The van der Waals surface area contributed by atoms with Gasteiger partial charge in [-0.15, -0.1) is 0 Å². The van der Waals surface area contributed by atoms with E-state index in [0.717, 1.165) is 5.56 Å². The van der Waals surface area contributed by atoms with Crippen LogP contribution < -0.4 is 11.1 Å². The van der Waals surface area contributed by atoms with Crippen LogP contribution in [0.4, 0.5) is 0 Å². The zero-order chi connectivity index (χ0) is 12.9. The van der Waals surface area contributed by atoms with Crippen molar-refractivity contribution in [3.8, 4) is 0 Å². The van der Waals surface area contributed by atoms with Crippen molar-refractivity contribution in [1.29, 1.82) is 0 Å². The van der Waals surface area contributed by atoms with Crippen LogP contribution in [0.5, 0.6) is 0 Å². The highest BCUT2D eigenvalue weighted by atomic mass is 16.4. The molecule has 5 N–H and O–H groups in total. The number of hydrogen-bond acceptors (Lipinski definition) is 4. The first kappa shape index (κ1) is 13.5. The number of nitrogens with zero attached hydrogens (tertiary/aromatic N) is 1. The molecule has 0 aliphatic rings. The summed E-state index contributed by atoms with van der Waals surface area (Å²) in [5.41, 5.74) is 6.43. The fourth-order valence-electron chi connectivity index (χ4n) is 1.48. The summed E-state index contributed by atoms with van der Waals surface area (Å²) in [6.07, 6.45) is 0. The van der Waals surface area contributed by atoms with Gasteiger partial charge in [0, 0.05) is 18.7 Å². The molecule has 0 aromatic heterocycles. The summed E-state index contributed by atoms with van der Waals surface area (Å²) in [7, 11) is 0. The van der Waals surface area contributed by atoms with Crippen LogP contribution in [0.3, 0.4) is 0 Å². The van der Waals surface area contributed by atoms with Crippen molar-refractivity contribution in [1.82, 2.24) is 5.32 Å². The first-order valence-electron chi connectivity index (χ1n) is 5.43. The van der Waals surface area contributed by atoms with Crippen LogP contribution in [0.15, 0.2) is 29.4 Å². The van der Waals surface area contributed by atoms with Crippen molar-refractivity contribution in [3.05, 3.63) is 35.4 Å². The number of nitrogens with two attached hydrogens (primary N) is 1. The Morgan fingerprint density at radius 3 is 2.65 bits per heavy atom. The number of aliphatic hydroxyl groups is 1. The molecule has 0 heterocycles. The molecule has 0 spiro atoms. The van der Waals surface area contributed by atoms with Gasteiger partial charge in [-0.3, -0.25) is 0 Å². The maximum absolute atomic E-state index is 9.57. The first-order valence-corrected chi connectivity index (χ1v) is 5.43. The molecule has 5 heteroatoms. The van der Waals surface area contributed by atoms with E-state index < -0.39 is 5.60 Å². The Bertz CT molecular complexity index is 397. The van der Waals surface area contributed by atoms with E-state index in [2.05, 4.69) is 10.5 Å². The summed E-state index contributed by atoms with van der Waals surface area (Å²) >= 11 is 0. The molecule has 0 aliphatic heterocycles. The van der Waals surface area contributed by atoms with E-state index in [1.165, 1.54) is 0 Å². The molecule has 17 heavy (non-hydrogen) atoms. The van der Waals surface area contributed by atoms with Gasteiger partial charge in [-0.05, 0) is 19.4 Å². The third-order valence-electron chi connectivity index (χ3n) is 2.27. The molecule has 0 saturated heterocycles. The molecular weight excluding hydrogens is 218 g/mol. The van der Waals surface area contributed by atoms with Gasteiger partial charge in [0.25, 0.3) is 0 Å². The van der Waals surface area contributed by atoms with Gasteiger partial charge in [0.1, 0.15) is 0 Å². The third-order valence-corrected chi connectivity index (χ3v) is 2.27. The SMILES string of the molecule is CC(C)(O)CNCc1ccccc1C(N)=NO. The van der Waals surface area contributed by atoms with Gasteiger partial charge in [-0.25, -0.2) is 0 Å². The molecule has 0 radical (unpaired) electrons. The average molecular weight is 237 g/mol. The lowest BCUT2D eigenvalue weighted by molar-refractivity contribution is 0.0795. The smallest absolute Gasteiger partial charge is 0.170 e. The minimum absolute atomic E-state index is 0.0886. The number of hydrogen-bond donors (Lipinski definition) is 4. The van der Waals surface area contributed by atoms with Crippen molar-refractivity contribution >= 4 is 5.84 Å². The monoisotopic (exact) mass is 237 g/mol. The van der Waals surface area contributed by atoms with Crippen LogP contribution in [0.1, 0.15) is 25.0 Å². The Kier molecular flexibility index (Phi) is 4.48. The van der Waals surface area contributed by atoms with Crippen molar-refractivity contribution < 1.29 is 10.3 Å². The molecule has 94 valence electrons. The molecule has 5 nitrogen and oxygen atoms in total. The number of nitrogens with one attached hydrogen (secondary N) is 1. The Balaban J connectivity index is 2.71. The molecule has 1 aromatic carbocycles. The minimum atomic E-state index is -0.758. The number of oxime groups is 1. The Morgan fingerprint density at radius 2 is 2.06 bits per heavy atom. The number of benzene rings is 1. The van der Waals surface area contributed by atoms with Gasteiger partial charge in [0.15, 0.2) is 5.84 Å². The van der Waals surface area contributed by atoms with Gasteiger partial charge in [-0.1, -0.05) is 29.4 Å². The van der Waals surface area contributed by atoms with E-state index in [1.807, 2.05) is 18.2 Å². The predicted octanol–water partition coefficient (Wildman–Crippen LogP) is 0.642. The van der Waals surface area contributed by atoms with Crippen LogP contribution in [-0.4, -0.2) is 28.3 Å². The van der Waals surface area contributed by atoms with E-state index >= 15 is 0 Å². The molecule has 0 unspecified atom stereocenters. The zero-order valence-corrected chi connectivity index (χ0v) is 10.1. The average Bonchev–Trinajstić information content (AvgIpc) is 2.27. The fraction of sp³-hybridized carbons (Fsp3) is 0.417. The fourth-order valence-corrected chi connectivity index (χ4v) is 1.48. The van der Waals surface area contributed by atoms with Crippen molar-refractivity contribution in [3.63, 3.8) is 0 Å². The van der Waals surface area contributed by atoms with Gasteiger partial charge in [0.2, 0.25) is 0 Å². The zero-order valence-electron chi connectivity index (χ0n) is 10.1. The lowest BCUT2D eigenvalue weighted by Gasteiger charge is -2.18. The van der Waals surface area contributed by atoms with E-state index in [9.17, 15) is 5.11 Å². The Morgan fingerprint density at radius 1 is 1.41 bits per heavy atom. The second kappa shape index (κ2) is 5.65. The predicted molar refractivity (Wildman–Crippen MR) is 67.0 cm³/mol. The van der Waals surface area contributed by atoms with Gasteiger partial charge < -0.3 is 21.4 Å². The minimum Gasteiger partial charge on any atom is -0.409 e. The van der Waals surface area contributed by atoms with Gasteiger partial charge >= 0.3 is 0 Å². The lowest BCUT2D eigenvalue weighted by atomic mass is 10.1. The largest absolute Gasteiger partial charge is 0.409 e. The van der Waals surface area contributed by atoms with Gasteiger partial charge in [0.05, 0.1) is 5.60 Å². The normalized spacial score (nSPS) is 12.8. The van der Waals surface area contributed by atoms with Crippen molar-refractivity contribution in [2.24, 2.45) is 10.9 Å². The summed E-state index contributed by atoms with van der Waals surface area (Å²) in [5.74, 6) is 0.0886. The molecule has 0 fully saturated rings. The second-order valence-corrected chi connectivity index (χ2v) is 4.56. The first-order chi connectivity index (χ1) is 7.94. The highest BCUT2D eigenvalue weighted by Crippen LogP contribution is 2.08. The lowest BCUT2D eigenvalue weighted by Crippen LogP contribution is -2.34. The van der Waals surface area contributed by atoms with E-state index in [4.69, 9.17) is 10.9 Å².